The summed E-state index contributed by atoms with van der Waals surface area (Å²) in [5.41, 5.74) is 1.65. The summed E-state index contributed by atoms with van der Waals surface area (Å²) in [6.07, 6.45) is 3.45. The number of furan rings is 1. The molecule has 0 bridgehead atoms. The van der Waals surface area contributed by atoms with Crippen molar-refractivity contribution >= 4 is 23.5 Å². The van der Waals surface area contributed by atoms with Crippen molar-refractivity contribution in [2.75, 3.05) is 11.9 Å². The molecule has 1 saturated carbocycles. The molecule has 0 spiro atoms. The number of hydrogen-bond donors (Lipinski definition) is 4. The highest BCUT2D eigenvalue weighted by molar-refractivity contribution is 5.94. The highest BCUT2D eigenvalue weighted by Gasteiger charge is 2.29. The standard InChI is InChI=1S/C20H24N4O4/c1-13(14-6-8-16(9-7-14)24-19(26)15-4-5-15)23-18(25)12-22-20(27)21-11-17-3-2-10-28-17/h2-3,6-10,13,15H,4-5,11-12H2,1H3,(H,23,25)(H,24,26)(H2,21,22,27). The van der Waals surface area contributed by atoms with Crippen LogP contribution in [-0.2, 0) is 16.1 Å². The molecule has 3 rings (SSSR count). The highest BCUT2D eigenvalue weighted by Crippen LogP contribution is 2.30. The number of carbonyl (C=O) groups is 3. The molecule has 8 nitrogen and oxygen atoms in total. The first kappa shape index (κ1) is 19.5. The summed E-state index contributed by atoms with van der Waals surface area (Å²) in [6, 6.07) is 10.2. The van der Waals surface area contributed by atoms with E-state index >= 15 is 0 Å². The molecule has 1 fully saturated rings. The van der Waals surface area contributed by atoms with E-state index in [1.807, 2.05) is 31.2 Å². The second-order valence-corrected chi connectivity index (χ2v) is 6.79. The Labute approximate surface area is 163 Å². The Morgan fingerprint density at radius 2 is 1.86 bits per heavy atom. The lowest BCUT2D eigenvalue weighted by molar-refractivity contribution is -0.120. The first-order valence-electron chi connectivity index (χ1n) is 9.25. The molecule has 0 aliphatic heterocycles. The number of urea groups is 1. The van der Waals surface area contributed by atoms with E-state index in [2.05, 4.69) is 21.3 Å². The normalized spacial score (nSPS) is 14.0. The third kappa shape index (κ3) is 5.87. The Bertz CT molecular complexity index is 813. The lowest BCUT2D eigenvalue weighted by Gasteiger charge is -2.15. The number of benzene rings is 1. The molecule has 4 amide bonds. The Hall–Kier alpha value is -3.29. The van der Waals surface area contributed by atoms with Crippen LogP contribution >= 0.6 is 0 Å². The van der Waals surface area contributed by atoms with Gasteiger partial charge in [-0.3, -0.25) is 9.59 Å². The zero-order valence-corrected chi connectivity index (χ0v) is 15.7. The minimum atomic E-state index is -0.449. The van der Waals surface area contributed by atoms with Gasteiger partial charge in [0.2, 0.25) is 11.8 Å². The summed E-state index contributed by atoms with van der Waals surface area (Å²) in [5, 5.41) is 10.8. The van der Waals surface area contributed by atoms with Crippen molar-refractivity contribution in [2.45, 2.75) is 32.4 Å². The van der Waals surface area contributed by atoms with Gasteiger partial charge in [-0.15, -0.1) is 0 Å². The summed E-state index contributed by atoms with van der Waals surface area (Å²) >= 11 is 0. The third-order valence-electron chi connectivity index (χ3n) is 4.42. The van der Waals surface area contributed by atoms with Crippen molar-refractivity contribution in [1.82, 2.24) is 16.0 Å². The van der Waals surface area contributed by atoms with Crippen LogP contribution in [-0.4, -0.2) is 24.4 Å². The lowest BCUT2D eigenvalue weighted by atomic mass is 10.1. The molecule has 1 aliphatic carbocycles. The fourth-order valence-electron chi connectivity index (χ4n) is 2.62. The van der Waals surface area contributed by atoms with Crippen LogP contribution in [0.25, 0.3) is 0 Å². The molecule has 0 saturated heterocycles. The maximum Gasteiger partial charge on any atom is 0.315 e. The van der Waals surface area contributed by atoms with E-state index in [4.69, 9.17) is 4.42 Å². The smallest absolute Gasteiger partial charge is 0.315 e. The molecule has 1 heterocycles. The van der Waals surface area contributed by atoms with Crippen molar-refractivity contribution in [3.63, 3.8) is 0 Å². The van der Waals surface area contributed by atoms with E-state index in [0.29, 0.717) is 5.76 Å². The van der Waals surface area contributed by atoms with Gasteiger partial charge < -0.3 is 25.7 Å². The van der Waals surface area contributed by atoms with Crippen LogP contribution in [0.4, 0.5) is 10.5 Å². The summed E-state index contributed by atoms with van der Waals surface area (Å²) < 4.78 is 5.11. The average Bonchev–Trinajstić information content (AvgIpc) is 3.41. The first-order chi connectivity index (χ1) is 13.5. The molecule has 4 N–H and O–H groups in total. The number of rotatable bonds is 8. The Morgan fingerprint density at radius 1 is 1.11 bits per heavy atom. The lowest BCUT2D eigenvalue weighted by Crippen LogP contribution is -2.42. The van der Waals surface area contributed by atoms with E-state index < -0.39 is 6.03 Å². The van der Waals surface area contributed by atoms with Crippen LogP contribution in [0.1, 0.15) is 37.1 Å². The largest absolute Gasteiger partial charge is 0.467 e. The molecular weight excluding hydrogens is 360 g/mol. The second kappa shape index (κ2) is 9.07. The van der Waals surface area contributed by atoms with E-state index in [1.165, 1.54) is 6.26 Å². The van der Waals surface area contributed by atoms with Gasteiger partial charge in [0.05, 0.1) is 25.4 Å². The van der Waals surface area contributed by atoms with Crippen molar-refractivity contribution in [2.24, 2.45) is 5.92 Å². The van der Waals surface area contributed by atoms with E-state index in [9.17, 15) is 14.4 Å². The molecule has 1 aliphatic rings. The van der Waals surface area contributed by atoms with Crippen LogP contribution in [0.3, 0.4) is 0 Å². The number of anilines is 1. The molecule has 1 atom stereocenters. The maximum absolute atomic E-state index is 12.0. The maximum atomic E-state index is 12.0. The number of hydrogen-bond acceptors (Lipinski definition) is 4. The van der Waals surface area contributed by atoms with Gasteiger partial charge in [-0.25, -0.2) is 4.79 Å². The SMILES string of the molecule is CC(NC(=O)CNC(=O)NCc1ccco1)c1ccc(NC(=O)C2CC2)cc1. The van der Waals surface area contributed by atoms with Gasteiger partial charge in [0.25, 0.3) is 0 Å². The summed E-state index contributed by atoms with van der Waals surface area (Å²) in [6.45, 7) is 1.97. The zero-order chi connectivity index (χ0) is 19.9. The van der Waals surface area contributed by atoms with Crippen LogP contribution in [0.2, 0.25) is 0 Å². The Balaban J connectivity index is 1.38. The predicted octanol–water partition coefficient (Wildman–Crippen LogP) is 2.30. The van der Waals surface area contributed by atoms with Crippen LogP contribution in [0.15, 0.2) is 47.1 Å². The molecule has 1 unspecified atom stereocenters. The third-order valence-corrected chi connectivity index (χ3v) is 4.42. The number of amides is 4. The van der Waals surface area contributed by atoms with Crippen LogP contribution in [0.5, 0.6) is 0 Å². The quantitative estimate of drug-likeness (QED) is 0.559. The molecule has 148 valence electrons. The van der Waals surface area contributed by atoms with Crippen molar-refractivity contribution in [1.29, 1.82) is 0 Å². The Kier molecular flexibility index (Phi) is 6.31. The van der Waals surface area contributed by atoms with Gasteiger partial charge in [-0.1, -0.05) is 12.1 Å². The average molecular weight is 384 g/mol. The fourth-order valence-corrected chi connectivity index (χ4v) is 2.62. The molecule has 2 aromatic rings. The van der Waals surface area contributed by atoms with Gasteiger partial charge in [0.1, 0.15) is 5.76 Å². The molecule has 1 aromatic heterocycles. The van der Waals surface area contributed by atoms with Gasteiger partial charge in [-0.2, -0.15) is 0 Å². The minimum absolute atomic E-state index is 0.0606. The highest BCUT2D eigenvalue weighted by atomic mass is 16.3. The molecule has 28 heavy (non-hydrogen) atoms. The van der Waals surface area contributed by atoms with Gasteiger partial charge in [-0.05, 0) is 49.6 Å². The minimum Gasteiger partial charge on any atom is -0.467 e. The predicted molar refractivity (Wildman–Crippen MR) is 103 cm³/mol. The van der Waals surface area contributed by atoms with Crippen LogP contribution in [0, 0.1) is 5.92 Å². The topological polar surface area (TPSA) is 112 Å². The van der Waals surface area contributed by atoms with Gasteiger partial charge in [0.15, 0.2) is 0 Å². The fraction of sp³-hybridized carbons (Fsp3) is 0.350. The van der Waals surface area contributed by atoms with Gasteiger partial charge in [0, 0.05) is 11.6 Å². The van der Waals surface area contributed by atoms with Crippen molar-refractivity contribution in [3.8, 4) is 0 Å². The summed E-state index contributed by atoms with van der Waals surface area (Å²) in [7, 11) is 0. The van der Waals surface area contributed by atoms with Crippen molar-refractivity contribution < 1.29 is 18.8 Å². The first-order valence-corrected chi connectivity index (χ1v) is 9.25. The van der Waals surface area contributed by atoms with Crippen molar-refractivity contribution in [3.05, 3.63) is 54.0 Å². The molecule has 8 heteroatoms. The number of carbonyl (C=O) groups excluding carboxylic acids is 3. The van der Waals surface area contributed by atoms with Crippen LogP contribution < -0.4 is 21.3 Å². The van der Waals surface area contributed by atoms with E-state index in [1.54, 1.807) is 12.1 Å². The van der Waals surface area contributed by atoms with Gasteiger partial charge >= 0.3 is 6.03 Å². The molecule has 1 aromatic carbocycles. The second-order valence-electron chi connectivity index (χ2n) is 6.79. The van der Waals surface area contributed by atoms with E-state index in [0.717, 1.165) is 24.1 Å². The Morgan fingerprint density at radius 3 is 2.50 bits per heavy atom. The molecular formula is C20H24N4O4. The summed E-state index contributed by atoms with van der Waals surface area (Å²) in [4.78, 5) is 35.5. The number of nitrogens with one attached hydrogen (secondary N) is 4. The monoisotopic (exact) mass is 384 g/mol. The molecule has 0 radical (unpaired) electrons. The zero-order valence-electron chi connectivity index (χ0n) is 15.7. The summed E-state index contributed by atoms with van der Waals surface area (Å²) in [5.74, 6) is 0.545. The van der Waals surface area contributed by atoms with E-state index in [-0.39, 0.29) is 36.9 Å².